The normalized spacial score (nSPS) is 16.3. The first-order valence-corrected chi connectivity index (χ1v) is 13.9. The van der Waals surface area contributed by atoms with E-state index < -0.39 is 65.0 Å². The van der Waals surface area contributed by atoms with E-state index in [1.165, 1.54) is 35.9 Å². The fraction of sp³-hybridized carbons (Fsp3) is 0.484. The molecular formula is C31H40F2N4O5. The molecule has 0 fully saturated rings. The summed E-state index contributed by atoms with van der Waals surface area (Å²) in [5.74, 6) is -3.17. The molecule has 0 N–H and O–H groups in total. The number of anilines is 2. The maximum Gasteiger partial charge on any atom is 0.410 e. The molecule has 0 aliphatic carbocycles. The van der Waals surface area contributed by atoms with Gasteiger partial charge in [-0.25, -0.2) is 9.18 Å². The standard InChI is InChI=1S/C31H40F2N4O5/c1-9-18-35(27(39)20(2)34(8)29(41)42-30(3,4)5)19-25(38)36-23-16-12-10-14-21(23)31(6,7)26(36)28(40)37(33)24-17-13-11-15-22(24)32/h10-17,20,26H,9,18-19H2,1-8H3/t20-,26?/m0/s1. The Kier molecular flexibility index (Phi) is 9.64. The summed E-state index contributed by atoms with van der Waals surface area (Å²) in [5, 5.41) is -0.263. The Bertz CT molecular complexity index is 1340. The average Bonchev–Trinajstić information content (AvgIpc) is 3.16. The van der Waals surface area contributed by atoms with Crippen molar-refractivity contribution >= 4 is 35.2 Å². The molecule has 1 heterocycles. The van der Waals surface area contributed by atoms with Crippen LogP contribution in [0.25, 0.3) is 0 Å². The third kappa shape index (κ3) is 6.55. The van der Waals surface area contributed by atoms with Crippen LogP contribution in [-0.2, 0) is 24.5 Å². The van der Waals surface area contributed by atoms with Crippen molar-refractivity contribution in [1.29, 1.82) is 0 Å². The Balaban J connectivity index is 1.95. The molecule has 0 aromatic heterocycles. The summed E-state index contributed by atoms with van der Waals surface area (Å²) < 4.78 is 35.4. The van der Waals surface area contributed by atoms with E-state index in [-0.39, 0.29) is 11.7 Å². The Morgan fingerprint density at radius 2 is 1.64 bits per heavy atom. The van der Waals surface area contributed by atoms with Crippen LogP contribution < -0.4 is 10.0 Å². The van der Waals surface area contributed by atoms with E-state index in [2.05, 4.69) is 0 Å². The van der Waals surface area contributed by atoms with E-state index >= 15 is 4.48 Å². The fourth-order valence-electron chi connectivity index (χ4n) is 5.07. The van der Waals surface area contributed by atoms with Crippen molar-refractivity contribution in [3.05, 3.63) is 59.9 Å². The molecule has 2 aromatic carbocycles. The summed E-state index contributed by atoms with van der Waals surface area (Å²) in [6.45, 7) is 11.7. The van der Waals surface area contributed by atoms with Gasteiger partial charge in [0.25, 0.3) is 5.91 Å². The summed E-state index contributed by atoms with van der Waals surface area (Å²) in [6.07, 6.45) is -0.180. The predicted molar refractivity (Wildman–Crippen MR) is 156 cm³/mol. The minimum absolute atomic E-state index is 0.193. The Morgan fingerprint density at radius 3 is 2.24 bits per heavy atom. The summed E-state index contributed by atoms with van der Waals surface area (Å²) in [5.41, 5.74) is -1.36. The monoisotopic (exact) mass is 586 g/mol. The number of amides is 4. The largest absolute Gasteiger partial charge is 0.444 e. The zero-order chi connectivity index (χ0) is 31.6. The lowest BCUT2D eigenvalue weighted by Gasteiger charge is -2.35. The third-order valence-electron chi connectivity index (χ3n) is 7.31. The molecule has 0 spiro atoms. The number of fused-ring (bicyclic) bond motifs is 1. The molecule has 0 saturated carbocycles. The van der Waals surface area contributed by atoms with Gasteiger partial charge in [0.05, 0.1) is 0 Å². The summed E-state index contributed by atoms with van der Waals surface area (Å²) in [6, 6.07) is 9.48. The maximum absolute atomic E-state index is 15.5. The second kappa shape index (κ2) is 12.5. The van der Waals surface area contributed by atoms with Crippen LogP contribution in [0, 0.1) is 5.82 Å². The number of halogens is 2. The van der Waals surface area contributed by atoms with Gasteiger partial charge in [0.2, 0.25) is 11.8 Å². The number of benzene rings is 2. The van der Waals surface area contributed by atoms with Crippen molar-refractivity contribution in [3.8, 4) is 0 Å². The highest BCUT2D eigenvalue weighted by Gasteiger charge is 2.53. The minimum atomic E-state index is -1.37. The van der Waals surface area contributed by atoms with Crippen molar-refractivity contribution in [2.24, 2.45) is 0 Å². The minimum Gasteiger partial charge on any atom is -0.444 e. The quantitative estimate of drug-likeness (QED) is 0.395. The van der Waals surface area contributed by atoms with Crippen LogP contribution in [-0.4, -0.2) is 71.4 Å². The summed E-state index contributed by atoms with van der Waals surface area (Å²) in [4.78, 5) is 57.5. The third-order valence-corrected chi connectivity index (χ3v) is 7.31. The van der Waals surface area contributed by atoms with Gasteiger partial charge in [-0.1, -0.05) is 55.6 Å². The van der Waals surface area contributed by atoms with Crippen LogP contribution in [0.5, 0.6) is 0 Å². The van der Waals surface area contributed by atoms with E-state index in [4.69, 9.17) is 4.74 Å². The van der Waals surface area contributed by atoms with Gasteiger partial charge in [-0.05, 0) is 57.9 Å². The SMILES string of the molecule is CCCN(CC(=O)N1c2ccccc2C(C)(C)C1C(=O)N(F)c1ccccc1F)C(=O)[C@H](C)N(C)C(=O)OC(C)(C)C. The molecule has 1 unspecified atom stereocenters. The Morgan fingerprint density at radius 1 is 1.05 bits per heavy atom. The number of likely N-dealkylation sites (N-methyl/N-ethyl adjacent to an activating group) is 1. The highest BCUT2D eigenvalue weighted by molar-refractivity contribution is 6.10. The average molecular weight is 587 g/mol. The van der Waals surface area contributed by atoms with E-state index in [1.807, 2.05) is 6.92 Å². The molecule has 0 radical (unpaired) electrons. The lowest BCUT2D eigenvalue weighted by Crippen LogP contribution is -2.57. The summed E-state index contributed by atoms with van der Waals surface area (Å²) >= 11 is 0. The topological polar surface area (TPSA) is 90.5 Å². The molecular weight excluding hydrogens is 546 g/mol. The molecule has 1 aliphatic rings. The van der Waals surface area contributed by atoms with Gasteiger partial charge in [-0.15, -0.1) is 5.12 Å². The van der Waals surface area contributed by atoms with Crippen LogP contribution >= 0.6 is 0 Å². The lowest BCUT2D eigenvalue weighted by atomic mass is 9.80. The Hall–Kier alpha value is -4.02. The molecule has 0 bridgehead atoms. The molecule has 42 heavy (non-hydrogen) atoms. The van der Waals surface area contributed by atoms with Gasteiger partial charge in [0.1, 0.15) is 35.7 Å². The zero-order valence-electron chi connectivity index (χ0n) is 25.5. The number of rotatable bonds is 8. The fourth-order valence-corrected chi connectivity index (χ4v) is 5.07. The van der Waals surface area contributed by atoms with Crippen LogP contribution in [0.15, 0.2) is 48.5 Å². The van der Waals surface area contributed by atoms with Crippen LogP contribution in [0.4, 0.5) is 25.0 Å². The molecule has 2 atom stereocenters. The number of hydrogen-bond donors (Lipinski definition) is 0. The zero-order valence-corrected chi connectivity index (χ0v) is 25.5. The lowest BCUT2D eigenvalue weighted by molar-refractivity contribution is -0.139. The van der Waals surface area contributed by atoms with Crippen molar-refractivity contribution in [3.63, 3.8) is 0 Å². The molecule has 1 aliphatic heterocycles. The molecule has 0 saturated heterocycles. The van der Waals surface area contributed by atoms with E-state index in [0.29, 0.717) is 17.7 Å². The highest BCUT2D eigenvalue weighted by Crippen LogP contribution is 2.46. The molecule has 11 heteroatoms. The van der Waals surface area contributed by atoms with Gasteiger partial charge < -0.3 is 9.64 Å². The van der Waals surface area contributed by atoms with Crippen LogP contribution in [0.1, 0.15) is 60.5 Å². The van der Waals surface area contributed by atoms with Crippen molar-refractivity contribution < 1.29 is 32.8 Å². The first kappa shape index (κ1) is 32.5. The van der Waals surface area contributed by atoms with Gasteiger partial charge >= 0.3 is 6.09 Å². The molecule has 9 nitrogen and oxygen atoms in total. The predicted octanol–water partition coefficient (Wildman–Crippen LogP) is 5.23. The second-order valence-corrected chi connectivity index (χ2v) is 12.0. The molecule has 3 rings (SSSR count). The van der Waals surface area contributed by atoms with Crippen molar-refractivity contribution in [2.75, 3.05) is 30.2 Å². The number of carbonyl (C=O) groups is 4. The van der Waals surface area contributed by atoms with Gasteiger partial charge in [-0.2, -0.15) is 0 Å². The smallest absolute Gasteiger partial charge is 0.410 e. The van der Waals surface area contributed by atoms with E-state index in [1.54, 1.807) is 58.9 Å². The van der Waals surface area contributed by atoms with E-state index in [9.17, 15) is 23.6 Å². The van der Waals surface area contributed by atoms with E-state index in [0.717, 1.165) is 17.0 Å². The number of nitrogens with zero attached hydrogens (tertiary/aromatic N) is 4. The first-order valence-electron chi connectivity index (χ1n) is 13.9. The van der Waals surface area contributed by atoms with Gasteiger partial charge in [0.15, 0.2) is 0 Å². The van der Waals surface area contributed by atoms with Crippen LogP contribution in [0.2, 0.25) is 0 Å². The molecule has 2 aromatic rings. The maximum atomic E-state index is 15.5. The summed E-state index contributed by atoms with van der Waals surface area (Å²) in [7, 11) is 1.44. The van der Waals surface area contributed by atoms with Gasteiger partial charge in [0, 0.05) is 24.7 Å². The number of carbonyl (C=O) groups excluding carboxylic acids is 4. The molecule has 4 amide bonds. The van der Waals surface area contributed by atoms with Crippen molar-refractivity contribution in [2.45, 2.75) is 78.0 Å². The molecule has 228 valence electrons. The second-order valence-electron chi connectivity index (χ2n) is 12.0. The Labute approximate surface area is 245 Å². The highest BCUT2D eigenvalue weighted by atomic mass is 19.2. The first-order chi connectivity index (χ1) is 19.5. The number of hydrogen-bond acceptors (Lipinski definition) is 5. The number of ether oxygens (including phenoxy) is 1. The van der Waals surface area contributed by atoms with Gasteiger partial charge in [-0.3, -0.25) is 24.2 Å². The van der Waals surface area contributed by atoms with Crippen LogP contribution in [0.3, 0.4) is 0 Å². The number of para-hydroxylation sites is 2. The van der Waals surface area contributed by atoms with Crippen molar-refractivity contribution in [1.82, 2.24) is 9.80 Å².